The number of amides is 1. The predicted octanol–water partition coefficient (Wildman–Crippen LogP) is 3.04. The molecule has 1 saturated heterocycles. The second kappa shape index (κ2) is 11.5. The third-order valence-electron chi connectivity index (χ3n) is 6.95. The monoisotopic (exact) mass is 496 g/mol. The Balaban J connectivity index is 1.56. The molecule has 35 heavy (non-hydrogen) atoms. The molecule has 1 aliphatic heterocycles. The number of nitrogens with zero attached hydrogens (tertiary/aromatic N) is 4. The Kier molecular flexibility index (Phi) is 8.38. The lowest BCUT2D eigenvalue weighted by molar-refractivity contribution is 0.0712. The molecule has 0 unspecified atom stereocenters. The van der Waals surface area contributed by atoms with Crippen molar-refractivity contribution >= 4 is 27.3 Å². The topological polar surface area (TPSA) is 69.0 Å². The van der Waals surface area contributed by atoms with Crippen molar-refractivity contribution < 1.29 is 9.90 Å². The van der Waals surface area contributed by atoms with Gasteiger partial charge in [0.15, 0.2) is 0 Å². The van der Waals surface area contributed by atoms with Crippen molar-refractivity contribution in [1.82, 2.24) is 19.3 Å². The average Bonchev–Trinajstić information content (AvgIpc) is 3.19. The van der Waals surface area contributed by atoms with Gasteiger partial charge in [-0.3, -0.25) is 14.5 Å². The Morgan fingerprint density at radius 1 is 1.03 bits per heavy atom. The van der Waals surface area contributed by atoms with E-state index in [1.165, 1.54) is 0 Å². The summed E-state index contributed by atoms with van der Waals surface area (Å²) in [6.07, 6.45) is 3.34. The summed E-state index contributed by atoms with van der Waals surface area (Å²) in [6, 6.07) is 9.68. The maximum atomic E-state index is 13.7. The third-order valence-corrected chi connectivity index (χ3v) is 8.22. The number of benzene rings is 1. The number of hydrogen-bond acceptors (Lipinski definition) is 6. The summed E-state index contributed by atoms with van der Waals surface area (Å²) in [7, 11) is 3.90. The molecular formula is C27H36N4O3S. The zero-order chi connectivity index (χ0) is 24.9. The normalized spacial score (nSPS) is 15.1. The number of aliphatic hydroxyl groups is 1. The van der Waals surface area contributed by atoms with Gasteiger partial charge in [0, 0.05) is 76.4 Å². The maximum Gasteiger partial charge on any atom is 0.264 e. The van der Waals surface area contributed by atoms with Crippen molar-refractivity contribution in [2.75, 3.05) is 59.5 Å². The van der Waals surface area contributed by atoms with Crippen LogP contribution in [0.3, 0.4) is 0 Å². The van der Waals surface area contributed by atoms with Crippen LogP contribution in [0.25, 0.3) is 21.2 Å². The van der Waals surface area contributed by atoms with E-state index < -0.39 is 0 Å². The summed E-state index contributed by atoms with van der Waals surface area (Å²) >= 11 is 1.55. The number of unbranched alkanes of at least 4 members (excludes halogenated alkanes) is 1. The summed E-state index contributed by atoms with van der Waals surface area (Å²) in [5.41, 5.74) is 2.98. The van der Waals surface area contributed by atoms with Gasteiger partial charge in [0.05, 0.1) is 4.88 Å². The Morgan fingerprint density at radius 2 is 1.77 bits per heavy atom. The zero-order valence-corrected chi connectivity index (χ0v) is 21.8. The van der Waals surface area contributed by atoms with E-state index in [-0.39, 0.29) is 18.1 Å². The molecule has 0 saturated carbocycles. The van der Waals surface area contributed by atoms with Crippen molar-refractivity contribution in [3.05, 3.63) is 57.3 Å². The molecular weight excluding hydrogens is 460 g/mol. The van der Waals surface area contributed by atoms with E-state index in [1.54, 1.807) is 29.0 Å². The molecule has 188 valence electrons. The lowest BCUT2D eigenvalue weighted by Crippen LogP contribution is -2.47. The summed E-state index contributed by atoms with van der Waals surface area (Å²) in [5.74, 6) is 0.0828. The first kappa shape index (κ1) is 25.6. The van der Waals surface area contributed by atoms with Gasteiger partial charge < -0.3 is 19.5 Å². The van der Waals surface area contributed by atoms with Gasteiger partial charge >= 0.3 is 0 Å². The van der Waals surface area contributed by atoms with Gasteiger partial charge in [-0.1, -0.05) is 6.07 Å². The number of thiophene rings is 1. The lowest BCUT2D eigenvalue weighted by Gasteiger charge is -2.34. The highest BCUT2D eigenvalue weighted by molar-refractivity contribution is 7.21. The van der Waals surface area contributed by atoms with Crippen LogP contribution in [-0.4, -0.2) is 89.7 Å². The molecule has 1 amide bonds. The average molecular weight is 497 g/mol. The maximum absolute atomic E-state index is 13.7. The van der Waals surface area contributed by atoms with E-state index in [4.69, 9.17) is 0 Å². The molecule has 0 bridgehead atoms. The number of hydrogen-bond donors (Lipinski definition) is 1. The lowest BCUT2D eigenvalue weighted by atomic mass is 10.0. The number of aromatic nitrogens is 1. The van der Waals surface area contributed by atoms with Gasteiger partial charge in [0.25, 0.3) is 5.91 Å². The van der Waals surface area contributed by atoms with Gasteiger partial charge in [-0.15, -0.1) is 11.3 Å². The Labute approximate surface area is 211 Å². The molecule has 1 fully saturated rings. The van der Waals surface area contributed by atoms with E-state index in [1.807, 2.05) is 24.1 Å². The quantitative estimate of drug-likeness (QED) is 0.461. The minimum Gasteiger partial charge on any atom is -0.396 e. The Morgan fingerprint density at radius 3 is 2.49 bits per heavy atom. The highest BCUT2D eigenvalue weighted by Gasteiger charge is 2.23. The molecule has 8 heteroatoms. The van der Waals surface area contributed by atoms with Crippen LogP contribution in [0, 0.1) is 6.92 Å². The van der Waals surface area contributed by atoms with E-state index in [9.17, 15) is 14.7 Å². The number of rotatable bonds is 9. The van der Waals surface area contributed by atoms with Crippen LogP contribution < -0.4 is 5.56 Å². The van der Waals surface area contributed by atoms with Gasteiger partial charge in [0.1, 0.15) is 0 Å². The number of fused-ring (bicyclic) bond motifs is 1. The zero-order valence-electron chi connectivity index (χ0n) is 21.0. The van der Waals surface area contributed by atoms with Crippen molar-refractivity contribution in [2.45, 2.75) is 19.8 Å². The molecule has 1 aliphatic rings. The molecule has 7 nitrogen and oxygen atoms in total. The Hall–Kier alpha value is -2.52. The molecule has 3 aromatic rings. The molecule has 0 radical (unpaired) electrons. The molecule has 0 atom stereocenters. The number of likely N-dealkylation sites (N-methyl/N-ethyl adjacent to an activating group) is 1. The molecule has 4 rings (SSSR count). The van der Waals surface area contributed by atoms with Crippen LogP contribution in [0.15, 0.2) is 41.3 Å². The fourth-order valence-corrected chi connectivity index (χ4v) is 5.73. The van der Waals surface area contributed by atoms with E-state index in [0.29, 0.717) is 19.5 Å². The van der Waals surface area contributed by atoms with Gasteiger partial charge in [-0.25, -0.2) is 0 Å². The smallest absolute Gasteiger partial charge is 0.264 e. The molecule has 1 N–H and O–H groups in total. The van der Waals surface area contributed by atoms with Gasteiger partial charge in [-0.2, -0.15) is 0 Å². The molecule has 2 aromatic heterocycles. The predicted molar refractivity (Wildman–Crippen MR) is 143 cm³/mol. The third kappa shape index (κ3) is 6.01. The standard InChI is InChI=1S/C27H36N4O3S/c1-20-23-18-21(22-7-9-25(33)29(3)19-22)6-8-24(23)35-26(20)27(34)31(10-4-5-17-32)16-15-30-13-11-28(2)12-14-30/h6-9,18-19,32H,4-5,10-17H2,1-3H3. The van der Waals surface area contributed by atoms with Crippen molar-refractivity contribution in [3.8, 4) is 11.1 Å². The summed E-state index contributed by atoms with van der Waals surface area (Å²) in [5, 5.41) is 10.3. The van der Waals surface area contributed by atoms with Crippen LogP contribution in [0.4, 0.5) is 0 Å². The highest BCUT2D eigenvalue weighted by Crippen LogP contribution is 2.34. The molecule has 1 aromatic carbocycles. The van der Waals surface area contributed by atoms with E-state index in [2.05, 4.69) is 35.0 Å². The SMILES string of the molecule is Cc1c(C(=O)N(CCCCO)CCN2CCN(C)CC2)sc2ccc(-c3ccc(=O)n(C)c3)cc12. The van der Waals surface area contributed by atoms with Gasteiger partial charge in [-0.05, 0) is 67.1 Å². The largest absolute Gasteiger partial charge is 0.396 e. The summed E-state index contributed by atoms with van der Waals surface area (Å²) in [4.78, 5) is 33.0. The summed E-state index contributed by atoms with van der Waals surface area (Å²) in [6.45, 7) is 8.60. The first-order chi connectivity index (χ1) is 16.9. The van der Waals surface area contributed by atoms with E-state index in [0.717, 1.165) is 70.8 Å². The number of aryl methyl sites for hydroxylation is 2. The summed E-state index contributed by atoms with van der Waals surface area (Å²) < 4.78 is 2.67. The highest BCUT2D eigenvalue weighted by atomic mass is 32.1. The van der Waals surface area contributed by atoms with Crippen LogP contribution in [-0.2, 0) is 7.05 Å². The fourth-order valence-electron chi connectivity index (χ4n) is 4.58. The van der Waals surface area contributed by atoms with Crippen molar-refractivity contribution in [3.63, 3.8) is 0 Å². The first-order valence-corrected chi connectivity index (χ1v) is 13.2. The van der Waals surface area contributed by atoms with Crippen LogP contribution in [0.1, 0.15) is 28.1 Å². The number of carbonyl (C=O) groups excluding carboxylic acids is 1. The van der Waals surface area contributed by atoms with Crippen LogP contribution in [0.2, 0.25) is 0 Å². The number of carbonyl (C=O) groups is 1. The van der Waals surface area contributed by atoms with E-state index >= 15 is 0 Å². The number of aliphatic hydroxyl groups excluding tert-OH is 1. The number of piperazine rings is 1. The molecule has 0 spiro atoms. The minimum absolute atomic E-state index is 0.0349. The van der Waals surface area contributed by atoms with Gasteiger partial charge in [0.2, 0.25) is 5.56 Å². The van der Waals surface area contributed by atoms with Crippen molar-refractivity contribution in [2.24, 2.45) is 7.05 Å². The van der Waals surface area contributed by atoms with Crippen LogP contribution >= 0.6 is 11.3 Å². The molecule has 3 heterocycles. The van der Waals surface area contributed by atoms with Crippen LogP contribution in [0.5, 0.6) is 0 Å². The Bertz CT molecular complexity index is 1230. The second-order valence-corrected chi connectivity index (χ2v) is 10.6. The number of pyridine rings is 1. The first-order valence-electron chi connectivity index (χ1n) is 12.4. The second-order valence-electron chi connectivity index (χ2n) is 9.50. The van der Waals surface area contributed by atoms with Crippen molar-refractivity contribution in [1.29, 1.82) is 0 Å². The minimum atomic E-state index is -0.0349. The fraction of sp³-hybridized carbons (Fsp3) is 0.481. The molecule has 0 aliphatic carbocycles.